The van der Waals surface area contributed by atoms with Crippen molar-refractivity contribution in [1.29, 1.82) is 0 Å². The molecule has 0 aliphatic carbocycles. The molecule has 5 nitrogen and oxygen atoms in total. The van der Waals surface area contributed by atoms with Crippen molar-refractivity contribution in [1.82, 2.24) is 10.6 Å². The Morgan fingerprint density at radius 3 is 2.43 bits per heavy atom. The summed E-state index contributed by atoms with van der Waals surface area (Å²) in [6.45, 7) is 1.99. The molecule has 1 aromatic rings. The molecule has 0 saturated heterocycles. The van der Waals surface area contributed by atoms with Crippen molar-refractivity contribution in [2.45, 2.75) is 31.8 Å². The minimum absolute atomic E-state index is 0.0474. The molecule has 0 fully saturated rings. The van der Waals surface area contributed by atoms with Gasteiger partial charge in [0.15, 0.2) is 0 Å². The first-order valence-corrected chi connectivity index (χ1v) is 8.28. The van der Waals surface area contributed by atoms with Crippen molar-refractivity contribution in [3.05, 3.63) is 35.9 Å². The van der Waals surface area contributed by atoms with E-state index in [1.54, 1.807) is 11.8 Å². The summed E-state index contributed by atoms with van der Waals surface area (Å²) < 4.78 is 0. The van der Waals surface area contributed by atoms with E-state index in [9.17, 15) is 14.7 Å². The van der Waals surface area contributed by atoms with Crippen LogP contribution in [0, 0.1) is 0 Å². The summed E-state index contributed by atoms with van der Waals surface area (Å²) in [5.41, 5.74) is 0.876. The van der Waals surface area contributed by atoms with Crippen LogP contribution in [0.25, 0.3) is 0 Å². The number of amides is 2. The lowest BCUT2D eigenvalue weighted by Crippen LogP contribution is -2.50. The summed E-state index contributed by atoms with van der Waals surface area (Å²) in [4.78, 5) is 23.2. The molecule has 0 bridgehead atoms. The molecule has 1 unspecified atom stereocenters. The molecule has 0 spiro atoms. The summed E-state index contributed by atoms with van der Waals surface area (Å²) in [5, 5.41) is 14.6. The molecule has 1 rings (SSSR count). The number of benzene rings is 1. The Balaban J connectivity index is 2.58. The molecule has 2 atom stereocenters. The van der Waals surface area contributed by atoms with Gasteiger partial charge in [-0.1, -0.05) is 37.3 Å². The van der Waals surface area contributed by atoms with Crippen LogP contribution >= 0.6 is 11.8 Å². The normalized spacial score (nSPS) is 13.2. The number of nitrogens with one attached hydrogen (secondary N) is 2. The Morgan fingerprint density at radius 1 is 1.24 bits per heavy atom. The molecule has 0 aromatic heterocycles. The Bertz CT molecular complexity index is 453. The summed E-state index contributed by atoms with van der Waals surface area (Å²) in [6, 6.07) is 7.94. The van der Waals surface area contributed by atoms with Crippen LogP contribution in [0.15, 0.2) is 30.3 Å². The highest BCUT2D eigenvalue weighted by Crippen LogP contribution is 2.04. The average molecular weight is 310 g/mol. The van der Waals surface area contributed by atoms with Gasteiger partial charge in [-0.2, -0.15) is 11.8 Å². The quantitative estimate of drug-likeness (QED) is 0.687. The highest BCUT2D eigenvalue weighted by Gasteiger charge is 2.21. The third-order valence-electron chi connectivity index (χ3n) is 3.08. The number of urea groups is 1. The van der Waals surface area contributed by atoms with Crippen molar-refractivity contribution in [3.63, 3.8) is 0 Å². The van der Waals surface area contributed by atoms with Crippen molar-refractivity contribution in [3.8, 4) is 0 Å². The van der Waals surface area contributed by atoms with Gasteiger partial charge >= 0.3 is 12.0 Å². The van der Waals surface area contributed by atoms with Crippen molar-refractivity contribution >= 4 is 23.8 Å². The van der Waals surface area contributed by atoms with E-state index in [-0.39, 0.29) is 12.5 Å². The highest BCUT2D eigenvalue weighted by atomic mass is 32.2. The van der Waals surface area contributed by atoms with E-state index in [0.717, 1.165) is 17.7 Å². The van der Waals surface area contributed by atoms with Gasteiger partial charge in [-0.3, -0.25) is 0 Å². The van der Waals surface area contributed by atoms with Gasteiger partial charge in [0, 0.05) is 18.2 Å². The maximum atomic E-state index is 11.9. The molecule has 0 aliphatic heterocycles. The number of rotatable bonds is 8. The molecule has 0 aliphatic rings. The molecule has 0 radical (unpaired) electrons. The van der Waals surface area contributed by atoms with Crippen LogP contribution in [0.4, 0.5) is 4.79 Å². The predicted octanol–water partition coefficient (Wildman–Crippen LogP) is 2.12. The molecule has 1 aromatic carbocycles. The SMILES string of the molecule is CCC(CSC)NC(=O)N[C@H](Cc1ccccc1)C(=O)O. The molecule has 116 valence electrons. The Morgan fingerprint density at radius 2 is 1.90 bits per heavy atom. The molecule has 3 N–H and O–H groups in total. The molecule has 6 heteroatoms. The van der Waals surface area contributed by atoms with Crippen LogP contribution in [0.1, 0.15) is 18.9 Å². The summed E-state index contributed by atoms with van der Waals surface area (Å²) in [6.07, 6.45) is 3.05. The van der Waals surface area contributed by atoms with Gasteiger partial charge in [-0.25, -0.2) is 9.59 Å². The number of aliphatic carboxylic acids is 1. The maximum Gasteiger partial charge on any atom is 0.326 e. The summed E-state index contributed by atoms with van der Waals surface area (Å²) in [5.74, 6) is -0.229. The largest absolute Gasteiger partial charge is 0.480 e. The number of carbonyl (C=O) groups excluding carboxylic acids is 1. The fraction of sp³-hybridized carbons (Fsp3) is 0.467. The zero-order valence-corrected chi connectivity index (χ0v) is 13.2. The second-order valence-corrected chi connectivity index (χ2v) is 5.67. The van der Waals surface area contributed by atoms with Gasteiger partial charge < -0.3 is 15.7 Å². The van der Waals surface area contributed by atoms with Crippen molar-refractivity contribution in [2.75, 3.05) is 12.0 Å². The lowest BCUT2D eigenvalue weighted by atomic mass is 10.1. The lowest BCUT2D eigenvalue weighted by molar-refractivity contribution is -0.139. The van der Waals surface area contributed by atoms with Crippen LogP contribution in [0.2, 0.25) is 0 Å². The first kappa shape index (κ1) is 17.4. The summed E-state index contributed by atoms with van der Waals surface area (Å²) >= 11 is 1.65. The van der Waals surface area contributed by atoms with E-state index in [4.69, 9.17) is 0 Å². The zero-order chi connectivity index (χ0) is 15.7. The van der Waals surface area contributed by atoms with Gasteiger partial charge in [-0.05, 0) is 18.2 Å². The molecule has 2 amide bonds. The zero-order valence-electron chi connectivity index (χ0n) is 12.3. The predicted molar refractivity (Wildman–Crippen MR) is 85.7 cm³/mol. The number of carboxylic acids is 1. The van der Waals surface area contributed by atoms with E-state index >= 15 is 0 Å². The number of carbonyl (C=O) groups is 2. The van der Waals surface area contributed by atoms with Crippen molar-refractivity contribution < 1.29 is 14.7 Å². The summed E-state index contributed by atoms with van der Waals surface area (Å²) in [7, 11) is 0. The van der Waals surface area contributed by atoms with Crippen LogP contribution < -0.4 is 10.6 Å². The molecule has 0 heterocycles. The van der Waals surface area contributed by atoms with Gasteiger partial charge in [0.1, 0.15) is 6.04 Å². The molecule has 0 saturated carbocycles. The third kappa shape index (κ3) is 6.53. The minimum Gasteiger partial charge on any atom is -0.480 e. The highest BCUT2D eigenvalue weighted by molar-refractivity contribution is 7.98. The topological polar surface area (TPSA) is 78.4 Å². The Kier molecular flexibility index (Phi) is 7.68. The number of carboxylic acid groups (broad SMARTS) is 1. The van der Waals surface area contributed by atoms with E-state index in [1.165, 1.54) is 0 Å². The first-order chi connectivity index (χ1) is 10.1. The number of hydrogen-bond donors (Lipinski definition) is 3. The smallest absolute Gasteiger partial charge is 0.326 e. The van der Waals surface area contributed by atoms with Crippen LogP contribution in [-0.2, 0) is 11.2 Å². The second kappa shape index (κ2) is 9.28. The van der Waals surface area contributed by atoms with Gasteiger partial charge in [0.2, 0.25) is 0 Å². The standard InChI is InChI=1S/C15H22N2O3S/c1-3-12(10-21-2)16-15(20)17-13(14(18)19)9-11-7-5-4-6-8-11/h4-8,12-13H,3,9-10H2,1-2H3,(H,18,19)(H2,16,17,20)/t12?,13-/m1/s1. The second-order valence-electron chi connectivity index (χ2n) is 4.76. The monoisotopic (exact) mass is 310 g/mol. The van der Waals surface area contributed by atoms with E-state index in [1.807, 2.05) is 43.5 Å². The first-order valence-electron chi connectivity index (χ1n) is 6.89. The fourth-order valence-corrected chi connectivity index (χ4v) is 2.62. The molecular weight excluding hydrogens is 288 g/mol. The van der Waals surface area contributed by atoms with E-state index in [0.29, 0.717) is 0 Å². The fourth-order valence-electron chi connectivity index (χ4n) is 1.90. The Labute approximate surface area is 129 Å². The Hall–Kier alpha value is -1.69. The van der Waals surface area contributed by atoms with Gasteiger partial charge in [0.25, 0.3) is 0 Å². The molecular formula is C15H22N2O3S. The lowest BCUT2D eigenvalue weighted by Gasteiger charge is -2.19. The number of thioether (sulfide) groups is 1. The van der Waals surface area contributed by atoms with E-state index in [2.05, 4.69) is 10.6 Å². The third-order valence-corrected chi connectivity index (χ3v) is 3.82. The molecule has 21 heavy (non-hydrogen) atoms. The van der Waals surface area contributed by atoms with Crippen molar-refractivity contribution in [2.24, 2.45) is 0 Å². The van der Waals surface area contributed by atoms with E-state index < -0.39 is 18.0 Å². The van der Waals surface area contributed by atoms with Crippen LogP contribution in [0.3, 0.4) is 0 Å². The number of hydrogen-bond acceptors (Lipinski definition) is 3. The van der Waals surface area contributed by atoms with Crippen LogP contribution in [0.5, 0.6) is 0 Å². The minimum atomic E-state index is -1.04. The van der Waals surface area contributed by atoms with Gasteiger partial charge in [0.05, 0.1) is 0 Å². The van der Waals surface area contributed by atoms with Gasteiger partial charge in [-0.15, -0.1) is 0 Å². The van der Waals surface area contributed by atoms with Crippen LogP contribution in [-0.4, -0.2) is 41.2 Å². The maximum absolute atomic E-state index is 11.9. The average Bonchev–Trinajstić information content (AvgIpc) is 2.47.